The van der Waals surface area contributed by atoms with Crippen LogP contribution in [0.2, 0.25) is 5.02 Å². The molecular formula is C16H11ClF3N3O8S. The summed E-state index contributed by atoms with van der Waals surface area (Å²) in [5.74, 6) is -1.84. The molecule has 0 aliphatic heterocycles. The van der Waals surface area contributed by atoms with Crippen LogP contribution in [0.3, 0.4) is 0 Å². The molecule has 0 saturated carbocycles. The van der Waals surface area contributed by atoms with E-state index in [2.05, 4.69) is 4.40 Å². The Morgan fingerprint density at radius 1 is 1.09 bits per heavy atom. The molecule has 0 amide bonds. The minimum absolute atomic E-state index is 0.208. The third-order valence-corrected chi connectivity index (χ3v) is 4.38. The highest BCUT2D eigenvalue weighted by atomic mass is 35.5. The highest BCUT2D eigenvalue weighted by Crippen LogP contribution is 2.43. The maximum atomic E-state index is 12.9. The summed E-state index contributed by atoms with van der Waals surface area (Å²) in [5.41, 5.74) is -3.66. The summed E-state index contributed by atoms with van der Waals surface area (Å²) in [4.78, 5) is 20.5. The van der Waals surface area contributed by atoms with Crippen LogP contribution in [-0.4, -0.2) is 37.5 Å². The summed E-state index contributed by atoms with van der Waals surface area (Å²) in [6.07, 6.45) is -4.23. The van der Waals surface area contributed by atoms with Gasteiger partial charge in [0, 0.05) is 18.2 Å². The van der Waals surface area contributed by atoms with Crippen molar-refractivity contribution < 1.29 is 40.9 Å². The lowest BCUT2D eigenvalue weighted by molar-refractivity contribution is -0.385. The maximum Gasteiger partial charge on any atom is 0.416 e. The van der Waals surface area contributed by atoms with Crippen LogP contribution in [0, 0.1) is 20.2 Å². The van der Waals surface area contributed by atoms with Gasteiger partial charge in [0.25, 0.3) is 15.7 Å². The molecule has 0 N–H and O–H groups in total. The van der Waals surface area contributed by atoms with Crippen molar-refractivity contribution in [3.05, 3.63) is 66.7 Å². The first-order chi connectivity index (χ1) is 14.6. The predicted molar refractivity (Wildman–Crippen MR) is 105 cm³/mol. The van der Waals surface area contributed by atoms with Crippen LogP contribution in [0.1, 0.15) is 11.1 Å². The highest BCUT2D eigenvalue weighted by molar-refractivity contribution is 7.89. The van der Waals surface area contributed by atoms with Crippen LogP contribution in [-0.2, 0) is 20.9 Å². The van der Waals surface area contributed by atoms with Crippen molar-refractivity contribution in [2.75, 3.05) is 13.4 Å². The Labute approximate surface area is 182 Å². The number of nitro benzene ring substituents is 2. The van der Waals surface area contributed by atoms with E-state index in [9.17, 15) is 41.8 Å². The zero-order valence-electron chi connectivity index (χ0n) is 15.9. The van der Waals surface area contributed by atoms with E-state index in [0.29, 0.717) is 12.3 Å². The molecule has 0 aliphatic carbocycles. The van der Waals surface area contributed by atoms with Crippen molar-refractivity contribution in [3.8, 4) is 11.5 Å². The van der Waals surface area contributed by atoms with Crippen LogP contribution >= 0.6 is 11.6 Å². The smallest absolute Gasteiger partial charge is 0.416 e. The quantitative estimate of drug-likeness (QED) is 0.247. The summed E-state index contributed by atoms with van der Waals surface area (Å²) in [6, 6.07) is 3.29. The van der Waals surface area contributed by atoms with Gasteiger partial charge in [0.2, 0.25) is 11.6 Å². The van der Waals surface area contributed by atoms with Crippen LogP contribution in [0.15, 0.2) is 34.7 Å². The fourth-order valence-electron chi connectivity index (χ4n) is 2.35. The van der Waals surface area contributed by atoms with Crippen molar-refractivity contribution in [1.82, 2.24) is 0 Å². The molecule has 2 rings (SSSR count). The number of methoxy groups -OCH3 is 1. The fraction of sp³-hybridized carbons (Fsp3) is 0.188. The van der Waals surface area contributed by atoms with Gasteiger partial charge in [-0.1, -0.05) is 11.6 Å². The Morgan fingerprint density at radius 3 is 2.16 bits per heavy atom. The van der Waals surface area contributed by atoms with E-state index < -0.39 is 65.2 Å². The zero-order chi connectivity index (χ0) is 24.4. The van der Waals surface area contributed by atoms with E-state index in [-0.39, 0.29) is 11.8 Å². The molecule has 0 unspecified atom stereocenters. The lowest BCUT2D eigenvalue weighted by atomic mass is 10.1. The minimum atomic E-state index is -4.93. The summed E-state index contributed by atoms with van der Waals surface area (Å²) >= 11 is 5.77. The van der Waals surface area contributed by atoms with E-state index in [1.807, 2.05) is 0 Å². The van der Waals surface area contributed by atoms with Gasteiger partial charge < -0.3 is 9.47 Å². The first-order valence-electron chi connectivity index (χ1n) is 7.99. The summed E-state index contributed by atoms with van der Waals surface area (Å²) in [5, 5.41) is 21.8. The molecule has 0 bridgehead atoms. The Morgan fingerprint density at radius 2 is 1.69 bits per heavy atom. The van der Waals surface area contributed by atoms with Gasteiger partial charge in [-0.2, -0.15) is 13.2 Å². The summed E-state index contributed by atoms with van der Waals surface area (Å²) < 4.78 is 75.0. The highest BCUT2D eigenvalue weighted by Gasteiger charge is 2.35. The molecule has 0 atom stereocenters. The minimum Gasteiger partial charge on any atom is -0.480 e. The number of halogens is 4. The number of alkyl halides is 3. The standard InChI is InChI=1S/C16H11ClF3N3O8S/c1-30-15(21-32(2,28)29)10-7-9(3-4-12(10)22(24)25)31-14-11(17)5-8(16(18,19)20)6-13(14)23(26)27/h3-7H,1-2H3. The second-order valence-electron chi connectivity index (χ2n) is 5.93. The maximum absolute atomic E-state index is 12.9. The number of sulfonamides is 1. The summed E-state index contributed by atoms with van der Waals surface area (Å²) in [6.45, 7) is 0. The molecule has 2 aromatic carbocycles. The fourth-order valence-corrected chi connectivity index (χ4v) is 3.08. The average molecular weight is 498 g/mol. The molecule has 0 fully saturated rings. The molecule has 0 aliphatic rings. The number of hydrogen-bond acceptors (Lipinski definition) is 8. The van der Waals surface area contributed by atoms with E-state index in [4.69, 9.17) is 21.1 Å². The van der Waals surface area contributed by atoms with Gasteiger partial charge >= 0.3 is 11.9 Å². The second-order valence-corrected chi connectivity index (χ2v) is 7.99. The first-order valence-corrected chi connectivity index (χ1v) is 10.2. The Hall–Kier alpha value is -3.46. The van der Waals surface area contributed by atoms with Gasteiger partial charge in [-0.05, 0) is 12.1 Å². The van der Waals surface area contributed by atoms with Gasteiger partial charge in [0.15, 0.2) is 0 Å². The molecule has 0 aromatic heterocycles. The number of rotatable bonds is 6. The molecule has 0 heterocycles. The van der Waals surface area contributed by atoms with Crippen molar-refractivity contribution >= 4 is 38.9 Å². The third-order valence-electron chi connectivity index (χ3n) is 3.61. The van der Waals surface area contributed by atoms with Crippen LogP contribution in [0.5, 0.6) is 11.5 Å². The molecule has 32 heavy (non-hydrogen) atoms. The van der Waals surface area contributed by atoms with E-state index >= 15 is 0 Å². The molecular weight excluding hydrogens is 487 g/mol. The normalized spacial score (nSPS) is 12.4. The number of benzene rings is 2. The van der Waals surface area contributed by atoms with Crippen molar-refractivity contribution in [3.63, 3.8) is 0 Å². The summed E-state index contributed by atoms with van der Waals surface area (Å²) in [7, 11) is -3.07. The topological polar surface area (TPSA) is 151 Å². The molecule has 0 spiro atoms. The number of nitrogens with zero attached hydrogens (tertiary/aromatic N) is 3. The van der Waals surface area contributed by atoms with E-state index in [1.54, 1.807) is 0 Å². The first kappa shape index (κ1) is 24.8. The Kier molecular flexibility index (Phi) is 6.94. The molecule has 2 aromatic rings. The van der Waals surface area contributed by atoms with Crippen molar-refractivity contribution in [1.29, 1.82) is 0 Å². The van der Waals surface area contributed by atoms with E-state index in [0.717, 1.165) is 25.3 Å². The van der Waals surface area contributed by atoms with Crippen LogP contribution in [0.4, 0.5) is 24.5 Å². The zero-order valence-corrected chi connectivity index (χ0v) is 17.5. The van der Waals surface area contributed by atoms with Gasteiger partial charge in [-0.3, -0.25) is 20.2 Å². The van der Waals surface area contributed by atoms with Crippen LogP contribution in [0.25, 0.3) is 0 Å². The number of nitro groups is 2. The Balaban J connectivity index is 2.68. The average Bonchev–Trinajstić information content (AvgIpc) is 2.65. The number of ether oxygens (including phenoxy) is 2. The van der Waals surface area contributed by atoms with Gasteiger partial charge in [0.1, 0.15) is 11.3 Å². The lowest BCUT2D eigenvalue weighted by Crippen LogP contribution is -2.10. The van der Waals surface area contributed by atoms with Crippen molar-refractivity contribution in [2.45, 2.75) is 6.18 Å². The molecule has 0 saturated heterocycles. The SMILES string of the molecule is COC(=NS(C)(=O)=O)c1cc(Oc2c(Cl)cc(C(F)(F)F)cc2[N+](=O)[O-])ccc1[N+](=O)[O-]. The molecule has 172 valence electrons. The second kappa shape index (κ2) is 8.96. The third kappa shape index (κ3) is 5.82. The van der Waals surface area contributed by atoms with Gasteiger partial charge in [0.05, 0.1) is 33.8 Å². The van der Waals surface area contributed by atoms with Crippen LogP contribution < -0.4 is 4.74 Å². The largest absolute Gasteiger partial charge is 0.480 e. The van der Waals surface area contributed by atoms with Gasteiger partial charge in [-0.25, -0.2) is 8.42 Å². The van der Waals surface area contributed by atoms with Crippen molar-refractivity contribution in [2.24, 2.45) is 4.40 Å². The molecule has 0 radical (unpaired) electrons. The van der Waals surface area contributed by atoms with Gasteiger partial charge in [-0.15, -0.1) is 4.40 Å². The number of hydrogen-bond donors (Lipinski definition) is 0. The molecule has 11 nitrogen and oxygen atoms in total. The predicted octanol–water partition coefficient (Wildman–Crippen LogP) is 4.32. The Bertz CT molecular complexity index is 1230. The molecule has 16 heteroatoms. The monoisotopic (exact) mass is 497 g/mol. The lowest BCUT2D eigenvalue weighted by Gasteiger charge is -2.13. The van der Waals surface area contributed by atoms with E-state index in [1.165, 1.54) is 0 Å².